The molecule has 2 N–H and O–H groups in total. The summed E-state index contributed by atoms with van der Waals surface area (Å²) in [5.41, 5.74) is -0.435. The van der Waals surface area contributed by atoms with E-state index in [9.17, 15) is 24.5 Å². The van der Waals surface area contributed by atoms with Gasteiger partial charge in [0.1, 0.15) is 5.69 Å². The van der Waals surface area contributed by atoms with Gasteiger partial charge in [-0.1, -0.05) is 11.6 Å². The molecule has 0 spiro atoms. The van der Waals surface area contributed by atoms with E-state index in [0.717, 1.165) is 6.07 Å². The van der Waals surface area contributed by atoms with Gasteiger partial charge in [-0.15, -0.1) is 0 Å². The molecule has 0 aliphatic carbocycles. The molecule has 0 aliphatic rings. The molecule has 0 atom stereocenters. The molecule has 1 aromatic heterocycles. The van der Waals surface area contributed by atoms with E-state index in [4.69, 9.17) is 20.8 Å². The van der Waals surface area contributed by atoms with Crippen LogP contribution in [0.3, 0.4) is 0 Å². The van der Waals surface area contributed by atoms with E-state index in [0.29, 0.717) is 6.42 Å². The third-order valence-corrected chi connectivity index (χ3v) is 3.62. The monoisotopic (exact) mass is 409 g/mol. The van der Waals surface area contributed by atoms with Crippen molar-refractivity contribution in [2.45, 2.75) is 12.8 Å². The van der Waals surface area contributed by atoms with E-state index in [2.05, 4.69) is 10.6 Å². The first-order valence-corrected chi connectivity index (χ1v) is 8.45. The van der Waals surface area contributed by atoms with Crippen LogP contribution in [0.1, 0.15) is 23.4 Å². The number of esters is 1. The van der Waals surface area contributed by atoms with Crippen LogP contribution in [0.15, 0.2) is 41.0 Å². The molecule has 0 fully saturated rings. The highest BCUT2D eigenvalue weighted by molar-refractivity contribution is 6.31. The predicted octanol–water partition coefficient (Wildman–Crippen LogP) is 2.53. The summed E-state index contributed by atoms with van der Waals surface area (Å²) in [4.78, 5) is 45.3. The van der Waals surface area contributed by atoms with Crippen molar-refractivity contribution in [2.24, 2.45) is 0 Å². The van der Waals surface area contributed by atoms with Crippen molar-refractivity contribution < 1.29 is 28.5 Å². The highest BCUT2D eigenvalue weighted by Crippen LogP contribution is 2.27. The Bertz CT molecular complexity index is 868. The smallest absolute Gasteiger partial charge is 0.306 e. The normalized spacial score (nSPS) is 10.2. The molecule has 0 aliphatic heterocycles. The lowest BCUT2D eigenvalue weighted by Gasteiger charge is -2.07. The summed E-state index contributed by atoms with van der Waals surface area (Å²) in [5.74, 6) is -1.62. The first-order valence-electron chi connectivity index (χ1n) is 8.08. The van der Waals surface area contributed by atoms with Crippen LogP contribution in [0.5, 0.6) is 0 Å². The Labute approximate surface area is 163 Å². The van der Waals surface area contributed by atoms with Gasteiger partial charge in [-0.2, -0.15) is 0 Å². The van der Waals surface area contributed by atoms with Gasteiger partial charge in [-0.05, 0) is 30.7 Å². The molecule has 0 radical (unpaired) electrons. The number of nitro groups is 1. The van der Waals surface area contributed by atoms with Crippen molar-refractivity contribution in [3.05, 3.63) is 57.5 Å². The quantitative estimate of drug-likeness (QED) is 0.280. The molecular formula is C17H16ClN3O7. The van der Waals surface area contributed by atoms with Gasteiger partial charge in [0.15, 0.2) is 12.4 Å². The summed E-state index contributed by atoms with van der Waals surface area (Å²) in [7, 11) is 0. The summed E-state index contributed by atoms with van der Waals surface area (Å²) in [6.45, 7) is -0.380. The van der Waals surface area contributed by atoms with Gasteiger partial charge < -0.3 is 19.8 Å². The Kier molecular flexibility index (Phi) is 7.52. The Morgan fingerprint density at radius 2 is 2.04 bits per heavy atom. The maximum Gasteiger partial charge on any atom is 0.306 e. The first kappa shape index (κ1) is 20.9. The number of ether oxygens (including phenoxy) is 1. The average Bonchev–Trinajstić information content (AvgIpc) is 3.19. The SMILES string of the molecule is O=C(COC(=O)CCCNC(=O)c1ccco1)Nc1ccc(Cl)cc1[N+](=O)[O-]. The Hall–Kier alpha value is -3.40. The lowest BCUT2D eigenvalue weighted by Crippen LogP contribution is -2.25. The first-order chi connectivity index (χ1) is 13.4. The van der Waals surface area contributed by atoms with E-state index in [-0.39, 0.29) is 35.1 Å². The molecular weight excluding hydrogens is 394 g/mol. The van der Waals surface area contributed by atoms with Crippen LogP contribution in [0, 0.1) is 10.1 Å². The van der Waals surface area contributed by atoms with Crippen molar-refractivity contribution in [2.75, 3.05) is 18.5 Å². The van der Waals surface area contributed by atoms with E-state index >= 15 is 0 Å². The standard InChI is InChI=1S/C17H16ClN3O7/c18-11-5-6-12(13(9-11)21(25)26)20-15(22)10-28-16(23)4-1-7-19-17(24)14-3-2-8-27-14/h2-3,5-6,8-9H,1,4,7,10H2,(H,19,24)(H,20,22). The summed E-state index contributed by atoms with van der Waals surface area (Å²) in [5, 5.41) is 16.0. The van der Waals surface area contributed by atoms with Crippen LogP contribution < -0.4 is 10.6 Å². The van der Waals surface area contributed by atoms with Crippen molar-refractivity contribution in [1.82, 2.24) is 5.32 Å². The zero-order valence-corrected chi connectivity index (χ0v) is 15.2. The van der Waals surface area contributed by atoms with E-state index in [1.165, 1.54) is 24.5 Å². The number of nitro benzene ring substituents is 1. The number of halogens is 1. The van der Waals surface area contributed by atoms with Crippen LogP contribution >= 0.6 is 11.6 Å². The molecule has 2 aromatic rings. The number of hydrogen-bond acceptors (Lipinski definition) is 7. The number of nitrogens with zero attached hydrogens (tertiary/aromatic N) is 1. The number of carbonyl (C=O) groups is 3. The van der Waals surface area contributed by atoms with E-state index in [1.807, 2.05) is 0 Å². The number of anilines is 1. The van der Waals surface area contributed by atoms with Crippen LogP contribution in [0.2, 0.25) is 5.02 Å². The third-order valence-electron chi connectivity index (χ3n) is 3.38. The van der Waals surface area contributed by atoms with Crippen LogP contribution in [0.25, 0.3) is 0 Å². The molecule has 0 saturated heterocycles. The number of nitrogens with one attached hydrogen (secondary N) is 2. The molecule has 0 saturated carbocycles. The molecule has 2 rings (SSSR count). The second-order valence-corrected chi connectivity index (χ2v) is 5.90. The van der Waals surface area contributed by atoms with Crippen LogP contribution in [-0.2, 0) is 14.3 Å². The third kappa shape index (κ3) is 6.40. The lowest BCUT2D eigenvalue weighted by molar-refractivity contribution is -0.383. The average molecular weight is 410 g/mol. The Morgan fingerprint density at radius 3 is 2.71 bits per heavy atom. The number of amides is 2. The number of carbonyl (C=O) groups excluding carboxylic acids is 3. The maximum absolute atomic E-state index is 11.8. The van der Waals surface area contributed by atoms with E-state index in [1.54, 1.807) is 6.07 Å². The summed E-state index contributed by atoms with van der Waals surface area (Å²) >= 11 is 5.69. The fourth-order valence-corrected chi connectivity index (χ4v) is 2.26. The molecule has 28 heavy (non-hydrogen) atoms. The molecule has 0 unspecified atom stereocenters. The minimum atomic E-state index is -0.732. The minimum absolute atomic E-state index is 0.0210. The molecule has 1 heterocycles. The van der Waals surface area contributed by atoms with Gasteiger partial charge in [0.25, 0.3) is 17.5 Å². The second kappa shape index (κ2) is 10.1. The molecule has 0 bridgehead atoms. The van der Waals surface area contributed by atoms with Gasteiger partial charge in [0, 0.05) is 24.1 Å². The minimum Gasteiger partial charge on any atom is -0.459 e. The largest absolute Gasteiger partial charge is 0.459 e. The Morgan fingerprint density at radius 1 is 1.25 bits per heavy atom. The molecule has 11 heteroatoms. The second-order valence-electron chi connectivity index (χ2n) is 5.46. The van der Waals surface area contributed by atoms with Crippen molar-refractivity contribution in [1.29, 1.82) is 0 Å². The highest BCUT2D eigenvalue weighted by atomic mass is 35.5. The summed E-state index contributed by atoms with van der Waals surface area (Å²) in [6.07, 6.45) is 1.65. The molecule has 2 amide bonds. The van der Waals surface area contributed by atoms with Gasteiger partial charge in [-0.25, -0.2) is 0 Å². The van der Waals surface area contributed by atoms with Crippen molar-refractivity contribution >= 4 is 40.8 Å². The molecule has 10 nitrogen and oxygen atoms in total. The maximum atomic E-state index is 11.8. The Balaban J connectivity index is 1.69. The van der Waals surface area contributed by atoms with Gasteiger partial charge >= 0.3 is 5.97 Å². The van der Waals surface area contributed by atoms with Crippen LogP contribution in [0.4, 0.5) is 11.4 Å². The molecule has 1 aromatic carbocycles. The fourth-order valence-electron chi connectivity index (χ4n) is 2.10. The highest BCUT2D eigenvalue weighted by Gasteiger charge is 2.17. The van der Waals surface area contributed by atoms with Crippen molar-refractivity contribution in [3.63, 3.8) is 0 Å². The van der Waals surface area contributed by atoms with E-state index < -0.39 is 29.3 Å². The predicted molar refractivity (Wildman–Crippen MR) is 98.0 cm³/mol. The number of benzene rings is 1. The van der Waals surface area contributed by atoms with Gasteiger partial charge in [0.05, 0.1) is 11.2 Å². The zero-order valence-electron chi connectivity index (χ0n) is 14.5. The zero-order chi connectivity index (χ0) is 20.5. The molecule has 148 valence electrons. The fraction of sp³-hybridized carbons (Fsp3) is 0.235. The number of hydrogen-bond donors (Lipinski definition) is 2. The topological polar surface area (TPSA) is 141 Å². The number of rotatable bonds is 9. The lowest BCUT2D eigenvalue weighted by atomic mass is 10.2. The van der Waals surface area contributed by atoms with Gasteiger partial charge in [0.2, 0.25) is 0 Å². The summed E-state index contributed by atoms with van der Waals surface area (Å²) < 4.78 is 9.72. The van der Waals surface area contributed by atoms with Crippen LogP contribution in [-0.4, -0.2) is 35.9 Å². The van der Waals surface area contributed by atoms with Gasteiger partial charge in [-0.3, -0.25) is 24.5 Å². The number of furan rings is 1. The van der Waals surface area contributed by atoms with Crippen molar-refractivity contribution in [3.8, 4) is 0 Å². The summed E-state index contributed by atoms with van der Waals surface area (Å²) in [6, 6.07) is 6.85.